The molecule has 0 aliphatic heterocycles. The number of fused-ring (bicyclic) bond motifs is 1. The Bertz CT molecular complexity index is 471. The van der Waals surface area contributed by atoms with Gasteiger partial charge in [0.05, 0.1) is 11.0 Å². The highest BCUT2D eigenvalue weighted by molar-refractivity contribution is 9.10. The van der Waals surface area contributed by atoms with Crippen LogP contribution in [0, 0.1) is 6.92 Å². The molecular formula is C11H13BrN2. The van der Waals surface area contributed by atoms with Crippen molar-refractivity contribution in [2.75, 3.05) is 0 Å². The molecule has 14 heavy (non-hydrogen) atoms. The zero-order chi connectivity index (χ0) is 10.3. The lowest BCUT2D eigenvalue weighted by atomic mass is 10.3. The Balaban J connectivity index is 2.86. The molecule has 0 saturated heterocycles. The highest BCUT2D eigenvalue weighted by Crippen LogP contribution is 2.27. The second kappa shape index (κ2) is 3.39. The van der Waals surface area contributed by atoms with Crippen LogP contribution in [0.15, 0.2) is 22.7 Å². The molecule has 0 saturated carbocycles. The number of rotatable bonds is 1. The van der Waals surface area contributed by atoms with Gasteiger partial charge < -0.3 is 4.57 Å². The Morgan fingerprint density at radius 2 is 2.07 bits per heavy atom. The molecule has 0 amide bonds. The molecule has 0 bridgehead atoms. The Morgan fingerprint density at radius 1 is 1.36 bits per heavy atom. The number of aromatic nitrogens is 2. The number of hydrogen-bond acceptors (Lipinski definition) is 1. The summed E-state index contributed by atoms with van der Waals surface area (Å²) in [7, 11) is 0. The molecule has 0 atom stereocenters. The minimum absolute atomic E-state index is 0.443. The molecule has 2 nitrogen and oxygen atoms in total. The van der Waals surface area contributed by atoms with E-state index in [4.69, 9.17) is 0 Å². The first-order valence-electron chi connectivity index (χ1n) is 4.74. The van der Waals surface area contributed by atoms with Crippen molar-refractivity contribution in [2.45, 2.75) is 26.8 Å². The van der Waals surface area contributed by atoms with E-state index in [1.54, 1.807) is 0 Å². The number of nitrogens with zero attached hydrogens (tertiary/aromatic N) is 2. The van der Waals surface area contributed by atoms with Gasteiger partial charge in [0, 0.05) is 10.5 Å². The van der Waals surface area contributed by atoms with E-state index < -0.39 is 0 Å². The monoisotopic (exact) mass is 252 g/mol. The van der Waals surface area contributed by atoms with Gasteiger partial charge in [-0.2, -0.15) is 0 Å². The third-order valence-electron chi connectivity index (χ3n) is 2.35. The summed E-state index contributed by atoms with van der Waals surface area (Å²) in [5.74, 6) is 1.07. The summed E-state index contributed by atoms with van der Waals surface area (Å²) in [5.41, 5.74) is 2.26. The summed E-state index contributed by atoms with van der Waals surface area (Å²) in [6.45, 7) is 6.40. The quantitative estimate of drug-likeness (QED) is 0.757. The van der Waals surface area contributed by atoms with Crippen LogP contribution in [0.3, 0.4) is 0 Å². The van der Waals surface area contributed by atoms with Crippen LogP contribution in [-0.2, 0) is 0 Å². The fourth-order valence-electron chi connectivity index (χ4n) is 1.85. The van der Waals surface area contributed by atoms with E-state index in [-0.39, 0.29) is 0 Å². The molecule has 0 N–H and O–H groups in total. The van der Waals surface area contributed by atoms with Crippen LogP contribution in [0.5, 0.6) is 0 Å². The van der Waals surface area contributed by atoms with Crippen molar-refractivity contribution in [2.24, 2.45) is 0 Å². The third kappa shape index (κ3) is 1.36. The van der Waals surface area contributed by atoms with Crippen LogP contribution in [0.25, 0.3) is 11.0 Å². The van der Waals surface area contributed by atoms with Gasteiger partial charge in [0.15, 0.2) is 0 Å². The Labute approximate surface area is 92.1 Å². The zero-order valence-electron chi connectivity index (χ0n) is 8.58. The normalized spacial score (nSPS) is 11.5. The fraction of sp³-hybridized carbons (Fsp3) is 0.364. The van der Waals surface area contributed by atoms with Gasteiger partial charge in [-0.1, -0.05) is 6.07 Å². The van der Waals surface area contributed by atoms with E-state index >= 15 is 0 Å². The topological polar surface area (TPSA) is 17.8 Å². The average Bonchev–Trinajstić information content (AvgIpc) is 2.42. The number of hydrogen-bond donors (Lipinski definition) is 0. The van der Waals surface area contributed by atoms with Gasteiger partial charge in [0.25, 0.3) is 0 Å². The van der Waals surface area contributed by atoms with Crippen LogP contribution < -0.4 is 0 Å². The Kier molecular flexibility index (Phi) is 2.35. The van der Waals surface area contributed by atoms with Crippen LogP contribution in [-0.4, -0.2) is 9.55 Å². The summed E-state index contributed by atoms with van der Waals surface area (Å²) in [4.78, 5) is 4.53. The number of para-hydroxylation sites is 1. The molecule has 0 radical (unpaired) electrons. The van der Waals surface area contributed by atoms with E-state index in [9.17, 15) is 0 Å². The van der Waals surface area contributed by atoms with Gasteiger partial charge in [-0.05, 0) is 48.8 Å². The smallest absolute Gasteiger partial charge is 0.106 e. The fourth-order valence-corrected chi connectivity index (χ4v) is 2.40. The van der Waals surface area contributed by atoms with E-state index in [1.807, 2.05) is 19.1 Å². The summed E-state index contributed by atoms with van der Waals surface area (Å²) in [6.07, 6.45) is 0. The molecule has 74 valence electrons. The van der Waals surface area contributed by atoms with Gasteiger partial charge in [0.2, 0.25) is 0 Å². The van der Waals surface area contributed by atoms with E-state index in [1.165, 1.54) is 5.52 Å². The summed E-state index contributed by atoms with van der Waals surface area (Å²) < 4.78 is 3.36. The second-order valence-electron chi connectivity index (χ2n) is 3.73. The average molecular weight is 253 g/mol. The van der Waals surface area contributed by atoms with Crippen LogP contribution >= 0.6 is 15.9 Å². The lowest BCUT2D eigenvalue weighted by molar-refractivity contribution is 0.599. The molecular weight excluding hydrogens is 240 g/mol. The van der Waals surface area contributed by atoms with Crippen molar-refractivity contribution < 1.29 is 0 Å². The Hall–Kier alpha value is -0.830. The van der Waals surface area contributed by atoms with E-state index in [0.717, 1.165) is 15.8 Å². The zero-order valence-corrected chi connectivity index (χ0v) is 10.2. The van der Waals surface area contributed by atoms with Gasteiger partial charge in [-0.15, -0.1) is 0 Å². The number of benzene rings is 1. The van der Waals surface area contributed by atoms with Crippen LogP contribution in [0.1, 0.15) is 25.7 Å². The van der Waals surface area contributed by atoms with Crippen molar-refractivity contribution in [1.82, 2.24) is 9.55 Å². The van der Waals surface area contributed by atoms with Gasteiger partial charge in [0.1, 0.15) is 5.82 Å². The molecule has 3 heteroatoms. The summed E-state index contributed by atoms with van der Waals surface area (Å²) in [6, 6.07) is 6.57. The van der Waals surface area contributed by atoms with Gasteiger partial charge >= 0.3 is 0 Å². The molecule has 0 spiro atoms. The molecule has 0 aliphatic carbocycles. The molecule has 0 unspecified atom stereocenters. The number of imidazole rings is 1. The first-order chi connectivity index (χ1) is 6.61. The molecule has 0 fully saturated rings. The minimum Gasteiger partial charge on any atom is -0.325 e. The molecule has 2 aromatic rings. The van der Waals surface area contributed by atoms with Crippen LogP contribution in [0.2, 0.25) is 0 Å². The molecule has 1 aromatic carbocycles. The van der Waals surface area contributed by atoms with Crippen molar-refractivity contribution in [3.05, 3.63) is 28.5 Å². The molecule has 1 heterocycles. The van der Waals surface area contributed by atoms with E-state index in [0.29, 0.717) is 6.04 Å². The molecule has 1 aromatic heterocycles. The molecule has 2 rings (SSSR count). The second-order valence-corrected chi connectivity index (χ2v) is 4.58. The van der Waals surface area contributed by atoms with Crippen molar-refractivity contribution in [3.8, 4) is 0 Å². The number of aryl methyl sites for hydroxylation is 1. The maximum Gasteiger partial charge on any atom is 0.106 e. The highest BCUT2D eigenvalue weighted by Gasteiger charge is 2.11. The highest BCUT2D eigenvalue weighted by atomic mass is 79.9. The van der Waals surface area contributed by atoms with Crippen molar-refractivity contribution >= 4 is 27.0 Å². The lowest BCUT2D eigenvalue weighted by Gasteiger charge is -2.11. The first-order valence-corrected chi connectivity index (χ1v) is 5.53. The SMILES string of the molecule is Cc1nc2cccc(Br)c2n1C(C)C. The molecule has 0 aliphatic rings. The predicted octanol–water partition coefficient (Wildman–Crippen LogP) is 3.69. The number of halogens is 1. The van der Waals surface area contributed by atoms with Gasteiger partial charge in [-0.25, -0.2) is 4.98 Å². The van der Waals surface area contributed by atoms with Crippen molar-refractivity contribution in [3.63, 3.8) is 0 Å². The maximum atomic E-state index is 4.53. The first kappa shape index (κ1) is 9.71. The van der Waals surface area contributed by atoms with E-state index in [2.05, 4.69) is 45.4 Å². The predicted molar refractivity (Wildman–Crippen MR) is 62.6 cm³/mol. The van der Waals surface area contributed by atoms with Gasteiger partial charge in [-0.3, -0.25) is 0 Å². The van der Waals surface area contributed by atoms with Crippen LogP contribution in [0.4, 0.5) is 0 Å². The maximum absolute atomic E-state index is 4.53. The summed E-state index contributed by atoms with van der Waals surface area (Å²) >= 11 is 3.57. The summed E-state index contributed by atoms with van der Waals surface area (Å²) in [5, 5.41) is 0. The Morgan fingerprint density at radius 3 is 2.71 bits per heavy atom. The van der Waals surface area contributed by atoms with Crippen molar-refractivity contribution in [1.29, 1.82) is 0 Å². The minimum atomic E-state index is 0.443. The standard InChI is InChI=1S/C11H13BrN2/c1-7(2)14-8(3)13-10-6-4-5-9(12)11(10)14/h4-7H,1-3H3. The largest absolute Gasteiger partial charge is 0.325 e. The lowest BCUT2D eigenvalue weighted by Crippen LogP contribution is -2.02. The third-order valence-corrected chi connectivity index (χ3v) is 2.99.